The molecule has 3 rings (SSSR count). The Labute approximate surface area is 364 Å². The first-order valence-corrected chi connectivity index (χ1v) is 20.7. The van der Waals surface area contributed by atoms with Gasteiger partial charge in [-0.3, -0.25) is 38.6 Å². The maximum Gasteiger partial charge on any atom is 0.308 e. The van der Waals surface area contributed by atoms with Crippen LogP contribution in [-0.2, 0) is 57.7 Å². The number of carbonyl (C=O) groups is 7. The number of guanidine groups is 1. The van der Waals surface area contributed by atoms with Crippen molar-refractivity contribution in [2.45, 2.75) is 101 Å². The average Bonchev–Trinajstić information content (AvgIpc) is 3.21. The molecule has 5 atom stereocenters. The molecule has 0 saturated carbocycles. The van der Waals surface area contributed by atoms with E-state index in [0.29, 0.717) is 28.0 Å². The van der Waals surface area contributed by atoms with Gasteiger partial charge in [-0.15, -0.1) is 0 Å². The van der Waals surface area contributed by atoms with Crippen LogP contribution in [0.15, 0.2) is 88.8 Å². The second kappa shape index (κ2) is 25.3. The van der Waals surface area contributed by atoms with Crippen molar-refractivity contribution < 1.29 is 48.5 Å². The van der Waals surface area contributed by atoms with Crippen molar-refractivity contribution in [3.05, 3.63) is 95.6 Å². The Kier molecular flexibility index (Phi) is 20.4. The van der Waals surface area contributed by atoms with Gasteiger partial charge in [-0.1, -0.05) is 68.4 Å². The number of benzene rings is 3. The number of rotatable bonds is 24. The Morgan fingerprint density at radius 2 is 1.32 bits per heavy atom. The molecule has 0 aliphatic rings. The van der Waals surface area contributed by atoms with E-state index in [-0.39, 0.29) is 56.5 Å². The number of nitrogens with zero attached hydrogens (tertiary/aromatic N) is 1. The number of amides is 4. The zero-order valence-electron chi connectivity index (χ0n) is 34.9. The number of carboxylic acids is 1. The van der Waals surface area contributed by atoms with Crippen molar-refractivity contribution in [3.8, 4) is 5.75 Å². The standard InChI is InChI=1S/C43H56N8O10S/c1-25(2)20-32(44)39(57)50-34(21-27-11-15-30(52)16-12-27)41(59)49-33(10-7-19-47-43(45)46)40(58)48-26(3)38(56)51-35(23-37(55)61-24-29-8-5-4-6-9-29)42(60)62-31-17-13-28(14-18-31)22-36(53)54/h4-6,8-9,11-18,25-26,32-35,52H,7,10,19-24,44H2,1-3H3,(H,48,58)(H,49,59)(H,50,57)(H,51,56)(H,53,54)(H4,45,46,47)/t26-,32-,33-,34-,35-/m0/s1. The third-order valence-electron chi connectivity index (χ3n) is 9.11. The number of ether oxygens (including phenoxy) is 1. The number of thioether (sulfide) groups is 1. The van der Waals surface area contributed by atoms with Crippen LogP contribution >= 0.6 is 11.8 Å². The predicted octanol–water partition coefficient (Wildman–Crippen LogP) is 1.40. The summed E-state index contributed by atoms with van der Waals surface area (Å²) in [5, 5.41) is 28.7. The highest BCUT2D eigenvalue weighted by Crippen LogP contribution is 2.23. The number of hydrogen-bond donors (Lipinski definition) is 9. The third kappa shape index (κ3) is 18.4. The second-order valence-corrected chi connectivity index (χ2v) is 16.0. The summed E-state index contributed by atoms with van der Waals surface area (Å²) in [6.07, 6.45) is -0.259. The van der Waals surface area contributed by atoms with Gasteiger partial charge < -0.3 is 53.4 Å². The van der Waals surface area contributed by atoms with Gasteiger partial charge in [-0.25, -0.2) is 0 Å². The molecule has 4 amide bonds. The molecule has 18 nitrogen and oxygen atoms in total. The number of nitrogens with two attached hydrogens (primary N) is 3. The number of nitrogens with one attached hydrogen (secondary N) is 4. The lowest BCUT2D eigenvalue weighted by Crippen LogP contribution is -2.58. The van der Waals surface area contributed by atoms with Gasteiger partial charge in [-0.2, -0.15) is 0 Å². The number of hydrogen-bond acceptors (Lipinski definition) is 12. The van der Waals surface area contributed by atoms with Gasteiger partial charge in [0.05, 0.1) is 18.9 Å². The van der Waals surface area contributed by atoms with Crippen molar-refractivity contribution in [3.63, 3.8) is 0 Å². The Balaban J connectivity index is 1.80. The Bertz CT molecular complexity index is 2010. The van der Waals surface area contributed by atoms with Crippen LogP contribution in [0.3, 0.4) is 0 Å². The molecule has 0 heterocycles. The second-order valence-electron chi connectivity index (χ2n) is 15.0. The van der Waals surface area contributed by atoms with Crippen molar-refractivity contribution in [2.75, 3.05) is 6.54 Å². The van der Waals surface area contributed by atoms with Crippen LogP contribution in [0.2, 0.25) is 0 Å². The number of phenols is 1. The summed E-state index contributed by atoms with van der Waals surface area (Å²) in [6.45, 7) is 5.15. The maximum atomic E-state index is 13.9. The minimum Gasteiger partial charge on any atom is -0.508 e. The van der Waals surface area contributed by atoms with E-state index in [9.17, 15) is 38.7 Å². The number of carbonyl (C=O) groups excluding carboxylic acids is 6. The highest BCUT2D eigenvalue weighted by atomic mass is 32.2. The van der Waals surface area contributed by atoms with E-state index >= 15 is 0 Å². The first-order valence-electron chi connectivity index (χ1n) is 19.9. The van der Waals surface area contributed by atoms with Crippen molar-refractivity contribution in [1.29, 1.82) is 0 Å². The molecule has 334 valence electrons. The SMILES string of the molecule is CC(C)C[C@H](N)C(=O)N[C@@H](Cc1ccc(O)cc1)C(=O)N[C@@H](CCCN=C(N)N)C(=O)N[C@@H](C)C(=O)N[C@@H](CC(=O)OCc1ccccc1)C(=O)Sc1ccc(CC(=O)O)cc1. The lowest BCUT2D eigenvalue weighted by Gasteiger charge is -2.26. The van der Waals surface area contributed by atoms with E-state index in [1.807, 2.05) is 13.8 Å². The largest absolute Gasteiger partial charge is 0.508 e. The highest BCUT2D eigenvalue weighted by Gasteiger charge is 2.32. The zero-order chi connectivity index (χ0) is 45.8. The first-order chi connectivity index (χ1) is 29.4. The van der Waals surface area contributed by atoms with Gasteiger partial charge in [0.15, 0.2) is 5.96 Å². The molecule has 0 radical (unpaired) electrons. The van der Waals surface area contributed by atoms with Crippen LogP contribution < -0.4 is 38.5 Å². The summed E-state index contributed by atoms with van der Waals surface area (Å²) < 4.78 is 5.38. The summed E-state index contributed by atoms with van der Waals surface area (Å²) in [5.74, 6) is -4.88. The Morgan fingerprint density at radius 1 is 0.726 bits per heavy atom. The topological polar surface area (TPSA) is 308 Å². The lowest BCUT2D eigenvalue weighted by molar-refractivity contribution is -0.146. The van der Waals surface area contributed by atoms with Crippen LogP contribution in [0.25, 0.3) is 0 Å². The summed E-state index contributed by atoms with van der Waals surface area (Å²) in [4.78, 5) is 96.5. The minimum atomic E-state index is -1.42. The average molecular weight is 877 g/mol. The summed E-state index contributed by atoms with van der Waals surface area (Å²) in [6, 6.07) is 14.9. The molecular formula is C43H56N8O10S. The number of esters is 1. The lowest BCUT2D eigenvalue weighted by atomic mass is 10.0. The zero-order valence-corrected chi connectivity index (χ0v) is 35.7. The van der Waals surface area contributed by atoms with Crippen LogP contribution in [0.1, 0.15) is 63.1 Å². The number of aliphatic imine (C=N–C) groups is 1. The molecule has 0 spiro atoms. The maximum absolute atomic E-state index is 13.9. The van der Waals surface area contributed by atoms with E-state index in [4.69, 9.17) is 27.0 Å². The molecule has 3 aromatic carbocycles. The highest BCUT2D eigenvalue weighted by molar-refractivity contribution is 8.13. The number of aromatic hydroxyl groups is 1. The van der Waals surface area contributed by atoms with Gasteiger partial charge in [0.2, 0.25) is 28.7 Å². The van der Waals surface area contributed by atoms with Crippen LogP contribution in [0, 0.1) is 5.92 Å². The van der Waals surface area contributed by atoms with E-state index in [1.54, 1.807) is 66.7 Å². The molecular weight excluding hydrogens is 821 g/mol. The van der Waals surface area contributed by atoms with Crippen LogP contribution in [-0.4, -0.2) is 93.6 Å². The smallest absolute Gasteiger partial charge is 0.308 e. The molecule has 0 saturated heterocycles. The van der Waals surface area contributed by atoms with E-state index < -0.39 is 77.3 Å². The van der Waals surface area contributed by atoms with E-state index in [2.05, 4.69) is 26.3 Å². The minimum absolute atomic E-state index is 0.00454. The Morgan fingerprint density at radius 3 is 1.94 bits per heavy atom. The van der Waals surface area contributed by atoms with E-state index in [0.717, 1.165) is 11.8 Å². The summed E-state index contributed by atoms with van der Waals surface area (Å²) in [5.41, 5.74) is 18.8. The molecule has 0 unspecified atom stereocenters. The predicted molar refractivity (Wildman–Crippen MR) is 232 cm³/mol. The molecule has 0 aliphatic heterocycles. The monoisotopic (exact) mass is 876 g/mol. The molecule has 0 aliphatic carbocycles. The van der Waals surface area contributed by atoms with Gasteiger partial charge in [0, 0.05) is 17.9 Å². The molecule has 62 heavy (non-hydrogen) atoms. The number of phenolic OH excluding ortho intramolecular Hbond substituents is 1. The van der Waals surface area contributed by atoms with Gasteiger partial charge in [-0.05, 0) is 84.8 Å². The summed E-state index contributed by atoms with van der Waals surface area (Å²) >= 11 is 0.718. The quantitative estimate of drug-likeness (QED) is 0.0202. The van der Waals surface area contributed by atoms with Crippen molar-refractivity contribution in [2.24, 2.45) is 28.1 Å². The molecule has 3 aromatic rings. The number of carboxylic acid groups (broad SMARTS) is 1. The van der Waals surface area contributed by atoms with Crippen molar-refractivity contribution in [1.82, 2.24) is 21.3 Å². The molecule has 12 N–H and O–H groups in total. The molecule has 0 aromatic heterocycles. The van der Waals surface area contributed by atoms with Gasteiger partial charge in [0.1, 0.15) is 36.5 Å². The van der Waals surface area contributed by atoms with Gasteiger partial charge in [0.25, 0.3) is 0 Å². The fourth-order valence-corrected chi connectivity index (χ4v) is 6.67. The van der Waals surface area contributed by atoms with Crippen LogP contribution in [0.5, 0.6) is 5.75 Å². The van der Waals surface area contributed by atoms with Crippen LogP contribution in [0.4, 0.5) is 0 Å². The molecule has 19 heteroatoms. The summed E-state index contributed by atoms with van der Waals surface area (Å²) in [7, 11) is 0. The first kappa shape index (κ1) is 49.9. The Hall–Kier alpha value is -6.47. The molecule has 0 bridgehead atoms. The third-order valence-corrected chi connectivity index (χ3v) is 10.1. The number of aliphatic carboxylic acids is 1. The van der Waals surface area contributed by atoms with E-state index in [1.165, 1.54) is 19.1 Å². The van der Waals surface area contributed by atoms with Crippen molar-refractivity contribution >= 4 is 58.4 Å². The fraction of sp³-hybridized carbons (Fsp3) is 0.395. The fourth-order valence-electron chi connectivity index (χ4n) is 5.89. The molecule has 0 fully saturated rings. The normalized spacial score (nSPS) is 13.3. The van der Waals surface area contributed by atoms with Gasteiger partial charge >= 0.3 is 11.9 Å².